The van der Waals surface area contributed by atoms with Gasteiger partial charge in [0.25, 0.3) is 0 Å². The molecule has 1 unspecified atom stereocenters. The predicted molar refractivity (Wildman–Crippen MR) is 85.7 cm³/mol. The van der Waals surface area contributed by atoms with E-state index in [-0.39, 0.29) is 17.9 Å². The van der Waals surface area contributed by atoms with Gasteiger partial charge < -0.3 is 15.3 Å². The molecule has 1 aliphatic rings. The molecule has 0 saturated carbocycles. The second-order valence-electron chi connectivity index (χ2n) is 5.69. The molecule has 1 fully saturated rings. The third kappa shape index (κ3) is 4.56. The molecule has 0 aliphatic carbocycles. The van der Waals surface area contributed by atoms with Crippen molar-refractivity contribution in [1.29, 1.82) is 0 Å². The third-order valence-corrected chi connectivity index (χ3v) is 3.96. The van der Waals surface area contributed by atoms with E-state index in [1.165, 1.54) is 0 Å². The summed E-state index contributed by atoms with van der Waals surface area (Å²) in [6.07, 6.45) is 2.78. The summed E-state index contributed by atoms with van der Waals surface area (Å²) in [5.41, 5.74) is 1.82. The number of nitrogens with one attached hydrogen (secondary N) is 1. The zero-order valence-corrected chi connectivity index (χ0v) is 13.0. The Balaban J connectivity index is 1.81. The highest BCUT2D eigenvalue weighted by Crippen LogP contribution is 2.21. The molecule has 0 spiro atoms. The molecule has 0 radical (unpaired) electrons. The lowest BCUT2D eigenvalue weighted by atomic mass is 10.1. The highest BCUT2D eigenvalue weighted by molar-refractivity contribution is 5.95. The van der Waals surface area contributed by atoms with E-state index in [9.17, 15) is 14.7 Å². The van der Waals surface area contributed by atoms with Crippen LogP contribution in [-0.2, 0) is 16.0 Å². The normalized spacial score (nSPS) is 15.9. The lowest BCUT2D eigenvalue weighted by molar-refractivity contribution is -0.120. The van der Waals surface area contributed by atoms with E-state index < -0.39 is 0 Å². The Bertz CT molecular complexity index is 513. The lowest BCUT2D eigenvalue weighted by Crippen LogP contribution is -2.28. The van der Waals surface area contributed by atoms with Crippen molar-refractivity contribution in [2.24, 2.45) is 0 Å². The minimum absolute atomic E-state index is 0.0479. The van der Waals surface area contributed by atoms with Crippen molar-refractivity contribution < 1.29 is 14.7 Å². The number of aliphatic hydroxyl groups excluding tert-OH is 1. The quantitative estimate of drug-likeness (QED) is 0.804. The number of aliphatic hydroxyl groups is 1. The number of benzene rings is 1. The molecule has 1 heterocycles. The Morgan fingerprint density at radius 1 is 1.36 bits per heavy atom. The van der Waals surface area contributed by atoms with Crippen LogP contribution >= 0.6 is 0 Å². The molecule has 1 aromatic carbocycles. The minimum Gasteiger partial charge on any atom is -0.393 e. The lowest BCUT2D eigenvalue weighted by Gasteiger charge is -2.16. The number of carbonyl (C=O) groups excluding carboxylic acids is 2. The maximum absolute atomic E-state index is 11.8. The van der Waals surface area contributed by atoms with Gasteiger partial charge >= 0.3 is 0 Å². The van der Waals surface area contributed by atoms with Gasteiger partial charge in [-0.3, -0.25) is 9.59 Å². The molecule has 1 saturated heterocycles. The van der Waals surface area contributed by atoms with Gasteiger partial charge in [0, 0.05) is 25.2 Å². The molecule has 0 aromatic heterocycles. The van der Waals surface area contributed by atoms with Gasteiger partial charge in [0.05, 0.1) is 12.5 Å². The van der Waals surface area contributed by atoms with Crippen LogP contribution in [0.4, 0.5) is 5.69 Å². The van der Waals surface area contributed by atoms with E-state index in [0.29, 0.717) is 32.2 Å². The maximum Gasteiger partial charge on any atom is 0.227 e. The van der Waals surface area contributed by atoms with Crippen LogP contribution in [0, 0.1) is 0 Å². The van der Waals surface area contributed by atoms with Gasteiger partial charge in [0.2, 0.25) is 11.8 Å². The van der Waals surface area contributed by atoms with Crippen molar-refractivity contribution >= 4 is 17.5 Å². The first-order valence-corrected chi connectivity index (χ1v) is 7.94. The Labute approximate surface area is 131 Å². The number of anilines is 1. The number of hydrogen-bond acceptors (Lipinski definition) is 3. The topological polar surface area (TPSA) is 69.6 Å². The van der Waals surface area contributed by atoms with Gasteiger partial charge in [-0.05, 0) is 37.0 Å². The van der Waals surface area contributed by atoms with Crippen molar-refractivity contribution in [2.75, 3.05) is 18.0 Å². The first-order valence-electron chi connectivity index (χ1n) is 7.94. The molecular formula is C17H24N2O3. The van der Waals surface area contributed by atoms with Crippen LogP contribution in [0.2, 0.25) is 0 Å². The van der Waals surface area contributed by atoms with Crippen molar-refractivity contribution in [3.8, 4) is 0 Å². The second kappa shape index (κ2) is 7.94. The van der Waals surface area contributed by atoms with E-state index in [0.717, 1.165) is 24.2 Å². The van der Waals surface area contributed by atoms with Crippen LogP contribution in [0.15, 0.2) is 24.3 Å². The molecule has 2 rings (SSSR count). The molecule has 2 amide bonds. The van der Waals surface area contributed by atoms with Gasteiger partial charge in [-0.1, -0.05) is 19.1 Å². The van der Waals surface area contributed by atoms with Crippen LogP contribution in [0.25, 0.3) is 0 Å². The van der Waals surface area contributed by atoms with Crippen LogP contribution in [0.1, 0.15) is 38.2 Å². The van der Waals surface area contributed by atoms with Crippen LogP contribution in [-0.4, -0.2) is 36.1 Å². The molecule has 1 atom stereocenters. The standard InChI is InChI=1S/C17H24N2O3/c1-2-15(20)9-10-18-16(21)12-13-5-7-14(8-6-13)19-11-3-4-17(19)22/h5-8,15,20H,2-4,9-12H2,1H3,(H,18,21). The summed E-state index contributed by atoms with van der Waals surface area (Å²) in [6.45, 7) is 3.19. The summed E-state index contributed by atoms with van der Waals surface area (Å²) in [5.74, 6) is 0.119. The number of hydrogen-bond donors (Lipinski definition) is 2. The van der Waals surface area contributed by atoms with E-state index in [1.807, 2.05) is 31.2 Å². The van der Waals surface area contributed by atoms with Crippen LogP contribution < -0.4 is 10.2 Å². The molecule has 120 valence electrons. The zero-order valence-electron chi connectivity index (χ0n) is 13.0. The Morgan fingerprint density at radius 2 is 2.09 bits per heavy atom. The van der Waals surface area contributed by atoms with E-state index in [1.54, 1.807) is 4.90 Å². The first kappa shape index (κ1) is 16.5. The number of rotatable bonds is 7. The molecule has 5 nitrogen and oxygen atoms in total. The van der Waals surface area contributed by atoms with Crippen LogP contribution in [0.5, 0.6) is 0 Å². The van der Waals surface area contributed by atoms with Crippen LogP contribution in [0.3, 0.4) is 0 Å². The summed E-state index contributed by atoms with van der Waals surface area (Å²) in [5, 5.41) is 12.2. The average Bonchev–Trinajstić information content (AvgIpc) is 2.94. The summed E-state index contributed by atoms with van der Waals surface area (Å²) < 4.78 is 0. The molecule has 22 heavy (non-hydrogen) atoms. The average molecular weight is 304 g/mol. The zero-order chi connectivity index (χ0) is 15.9. The molecule has 0 bridgehead atoms. The summed E-state index contributed by atoms with van der Waals surface area (Å²) >= 11 is 0. The van der Waals surface area contributed by atoms with Gasteiger partial charge in [-0.15, -0.1) is 0 Å². The Morgan fingerprint density at radius 3 is 2.68 bits per heavy atom. The fourth-order valence-corrected chi connectivity index (χ4v) is 2.55. The summed E-state index contributed by atoms with van der Waals surface area (Å²) in [4.78, 5) is 25.3. The van der Waals surface area contributed by atoms with E-state index in [2.05, 4.69) is 5.32 Å². The largest absolute Gasteiger partial charge is 0.393 e. The van der Waals surface area contributed by atoms with Gasteiger partial charge in [-0.2, -0.15) is 0 Å². The monoisotopic (exact) mass is 304 g/mol. The smallest absolute Gasteiger partial charge is 0.227 e. The molecule has 2 N–H and O–H groups in total. The maximum atomic E-state index is 11.8. The number of amides is 2. The molecule has 1 aliphatic heterocycles. The second-order valence-corrected chi connectivity index (χ2v) is 5.69. The summed E-state index contributed by atoms with van der Waals surface area (Å²) in [6, 6.07) is 7.57. The number of carbonyl (C=O) groups is 2. The number of nitrogens with zero attached hydrogens (tertiary/aromatic N) is 1. The predicted octanol–water partition coefficient (Wildman–Crippen LogP) is 1.63. The van der Waals surface area contributed by atoms with Crippen molar-refractivity contribution in [3.63, 3.8) is 0 Å². The molecular weight excluding hydrogens is 280 g/mol. The van der Waals surface area contributed by atoms with Crippen molar-refractivity contribution in [2.45, 2.75) is 45.1 Å². The summed E-state index contributed by atoms with van der Waals surface area (Å²) in [7, 11) is 0. The highest BCUT2D eigenvalue weighted by Gasteiger charge is 2.21. The minimum atomic E-state index is -0.349. The third-order valence-electron chi connectivity index (χ3n) is 3.96. The SMILES string of the molecule is CCC(O)CCNC(=O)Cc1ccc(N2CCCC2=O)cc1. The Kier molecular flexibility index (Phi) is 5.95. The fourth-order valence-electron chi connectivity index (χ4n) is 2.55. The highest BCUT2D eigenvalue weighted by atomic mass is 16.3. The molecule has 1 aromatic rings. The fraction of sp³-hybridized carbons (Fsp3) is 0.529. The van der Waals surface area contributed by atoms with Gasteiger partial charge in [0.1, 0.15) is 0 Å². The van der Waals surface area contributed by atoms with E-state index >= 15 is 0 Å². The van der Waals surface area contributed by atoms with Crippen molar-refractivity contribution in [1.82, 2.24) is 5.32 Å². The van der Waals surface area contributed by atoms with Gasteiger partial charge in [0.15, 0.2) is 0 Å². The van der Waals surface area contributed by atoms with Crippen molar-refractivity contribution in [3.05, 3.63) is 29.8 Å². The molecule has 5 heteroatoms. The van der Waals surface area contributed by atoms with Gasteiger partial charge in [-0.25, -0.2) is 0 Å². The Hall–Kier alpha value is -1.88. The van der Waals surface area contributed by atoms with E-state index in [4.69, 9.17) is 0 Å². The first-order chi connectivity index (χ1) is 10.6.